The number of hydrogen-bond donors (Lipinski definition) is 1. The van der Waals surface area contributed by atoms with E-state index in [1.807, 2.05) is 6.08 Å². The minimum atomic E-state index is 0.411. The van der Waals surface area contributed by atoms with Crippen LogP contribution in [0.5, 0.6) is 5.75 Å². The molecule has 94 valence electrons. The van der Waals surface area contributed by atoms with E-state index in [9.17, 15) is 0 Å². The molecule has 0 bridgehead atoms. The van der Waals surface area contributed by atoms with Gasteiger partial charge in [-0.1, -0.05) is 12.7 Å². The lowest BCUT2D eigenvalue weighted by atomic mass is 10.0. The van der Waals surface area contributed by atoms with Gasteiger partial charge in [-0.25, -0.2) is 0 Å². The first-order valence-corrected chi connectivity index (χ1v) is 6.25. The summed E-state index contributed by atoms with van der Waals surface area (Å²) in [5.74, 6) is 0.975. The van der Waals surface area contributed by atoms with Crippen LogP contribution < -0.4 is 4.74 Å². The topological polar surface area (TPSA) is 28.3 Å². The molecule has 0 fully saturated rings. The summed E-state index contributed by atoms with van der Waals surface area (Å²) < 4.78 is 6.04. The Kier molecular flexibility index (Phi) is 2.63. The number of aromatic amines is 1. The maximum absolute atomic E-state index is 6.04. The highest BCUT2D eigenvalue weighted by molar-refractivity contribution is 5.93. The van der Waals surface area contributed by atoms with Crippen LogP contribution >= 0.6 is 0 Å². The van der Waals surface area contributed by atoms with Gasteiger partial charge >= 0.3 is 0 Å². The van der Waals surface area contributed by atoms with E-state index in [0.717, 1.165) is 29.9 Å². The smallest absolute Gasteiger partial charge is 0.136 e. The summed E-state index contributed by atoms with van der Waals surface area (Å²) in [6.45, 7) is 4.59. The minimum absolute atomic E-state index is 0.411. The summed E-state index contributed by atoms with van der Waals surface area (Å²) in [4.78, 5) is 5.55. The predicted molar refractivity (Wildman–Crippen MR) is 75.1 cm³/mol. The van der Waals surface area contributed by atoms with Gasteiger partial charge in [0, 0.05) is 28.7 Å². The first-order chi connectivity index (χ1) is 8.70. The summed E-state index contributed by atoms with van der Waals surface area (Å²) in [7, 11) is 4.20. The van der Waals surface area contributed by atoms with Crippen LogP contribution in [0.1, 0.15) is 11.1 Å². The van der Waals surface area contributed by atoms with E-state index in [-0.39, 0.29) is 0 Å². The third-order valence-corrected chi connectivity index (χ3v) is 3.74. The number of aromatic nitrogens is 1. The Morgan fingerprint density at radius 3 is 3.00 bits per heavy atom. The SMILES string of the molecule is C=Cc1ccc2[nH]cc3c2c1OCC(N(C)C)C3. The molecule has 1 atom stereocenters. The molecule has 0 radical (unpaired) electrons. The van der Waals surface area contributed by atoms with Crippen molar-refractivity contribution >= 4 is 17.0 Å². The zero-order valence-electron chi connectivity index (χ0n) is 10.9. The molecule has 1 unspecified atom stereocenters. The third-order valence-electron chi connectivity index (χ3n) is 3.74. The maximum atomic E-state index is 6.04. The molecule has 3 heteroatoms. The average molecular weight is 242 g/mol. The summed E-state index contributed by atoms with van der Waals surface area (Å²) in [5, 5.41) is 1.22. The number of hydrogen-bond acceptors (Lipinski definition) is 2. The third kappa shape index (κ3) is 1.63. The van der Waals surface area contributed by atoms with Crippen molar-refractivity contribution in [3.8, 4) is 5.75 Å². The van der Waals surface area contributed by atoms with E-state index in [2.05, 4.69) is 48.9 Å². The molecule has 0 amide bonds. The van der Waals surface area contributed by atoms with Crippen molar-refractivity contribution < 1.29 is 4.74 Å². The van der Waals surface area contributed by atoms with Crippen LogP contribution in [-0.4, -0.2) is 36.6 Å². The lowest BCUT2D eigenvalue weighted by Crippen LogP contribution is -2.34. The lowest BCUT2D eigenvalue weighted by Gasteiger charge is -2.22. The highest BCUT2D eigenvalue weighted by Crippen LogP contribution is 2.36. The first-order valence-electron chi connectivity index (χ1n) is 6.25. The van der Waals surface area contributed by atoms with Gasteiger partial charge in [-0.3, -0.25) is 0 Å². The normalized spacial score (nSPS) is 18.7. The van der Waals surface area contributed by atoms with Gasteiger partial charge in [0.05, 0.1) is 0 Å². The lowest BCUT2D eigenvalue weighted by molar-refractivity contribution is 0.190. The summed E-state index contributed by atoms with van der Waals surface area (Å²) in [5.41, 5.74) is 3.55. The number of benzene rings is 1. The number of likely N-dealkylation sites (N-methyl/N-ethyl adjacent to an activating group) is 1. The van der Waals surface area contributed by atoms with Crippen LogP contribution in [0.3, 0.4) is 0 Å². The zero-order chi connectivity index (χ0) is 12.7. The maximum Gasteiger partial charge on any atom is 0.136 e. The van der Waals surface area contributed by atoms with Crippen molar-refractivity contribution in [3.05, 3.63) is 36.0 Å². The Labute approximate surface area is 107 Å². The van der Waals surface area contributed by atoms with Crippen molar-refractivity contribution in [2.75, 3.05) is 20.7 Å². The van der Waals surface area contributed by atoms with Gasteiger partial charge in [0.1, 0.15) is 12.4 Å². The molecular weight excluding hydrogens is 224 g/mol. The molecular formula is C15H18N2O. The Morgan fingerprint density at radius 1 is 1.44 bits per heavy atom. The summed E-state index contributed by atoms with van der Waals surface area (Å²) in [6, 6.07) is 4.56. The molecule has 2 aromatic rings. The predicted octanol–water partition coefficient (Wildman–Crippen LogP) is 2.68. The summed E-state index contributed by atoms with van der Waals surface area (Å²) >= 11 is 0. The molecule has 0 aliphatic carbocycles. The quantitative estimate of drug-likeness (QED) is 0.877. The van der Waals surface area contributed by atoms with E-state index < -0.39 is 0 Å². The zero-order valence-corrected chi connectivity index (χ0v) is 10.9. The number of nitrogens with zero attached hydrogens (tertiary/aromatic N) is 1. The fourth-order valence-electron chi connectivity index (χ4n) is 2.58. The largest absolute Gasteiger partial charge is 0.491 e. The standard InChI is InChI=1S/C15H18N2O/c1-4-10-5-6-13-14-11(8-16-13)7-12(17(2)3)9-18-15(10)14/h4-6,8,12,16H,1,7,9H2,2-3H3. The molecule has 0 saturated carbocycles. The van der Waals surface area contributed by atoms with Crippen molar-refractivity contribution in [3.63, 3.8) is 0 Å². The molecule has 1 N–H and O–H groups in total. The molecule has 18 heavy (non-hydrogen) atoms. The highest BCUT2D eigenvalue weighted by Gasteiger charge is 2.23. The van der Waals surface area contributed by atoms with Crippen LogP contribution in [0.15, 0.2) is 24.9 Å². The molecule has 1 aliphatic heterocycles. The molecule has 3 rings (SSSR count). The van der Waals surface area contributed by atoms with E-state index in [1.54, 1.807) is 0 Å². The van der Waals surface area contributed by atoms with E-state index in [1.165, 1.54) is 10.9 Å². The van der Waals surface area contributed by atoms with Gasteiger partial charge in [-0.15, -0.1) is 0 Å². The first kappa shape index (κ1) is 11.4. The van der Waals surface area contributed by atoms with Crippen molar-refractivity contribution in [1.29, 1.82) is 0 Å². The number of ether oxygens (including phenoxy) is 1. The van der Waals surface area contributed by atoms with Crippen LogP contribution in [0, 0.1) is 0 Å². The second-order valence-electron chi connectivity index (χ2n) is 5.06. The minimum Gasteiger partial charge on any atom is -0.491 e. The van der Waals surface area contributed by atoms with Gasteiger partial charge in [0.25, 0.3) is 0 Å². The molecule has 0 saturated heterocycles. The van der Waals surface area contributed by atoms with Gasteiger partial charge < -0.3 is 14.6 Å². The van der Waals surface area contributed by atoms with Gasteiger partial charge in [-0.05, 0) is 38.2 Å². The molecule has 2 heterocycles. The van der Waals surface area contributed by atoms with Gasteiger partial charge in [0.2, 0.25) is 0 Å². The second kappa shape index (κ2) is 4.18. The molecule has 0 spiro atoms. The summed E-state index contributed by atoms with van der Waals surface area (Å²) in [6.07, 6.45) is 4.98. The Morgan fingerprint density at radius 2 is 2.28 bits per heavy atom. The van der Waals surface area contributed by atoms with E-state index in [0.29, 0.717) is 6.04 Å². The monoisotopic (exact) mass is 242 g/mol. The number of H-pyrrole nitrogens is 1. The second-order valence-corrected chi connectivity index (χ2v) is 5.06. The molecule has 3 nitrogen and oxygen atoms in total. The van der Waals surface area contributed by atoms with Crippen LogP contribution in [0.4, 0.5) is 0 Å². The van der Waals surface area contributed by atoms with Crippen LogP contribution in [0.25, 0.3) is 17.0 Å². The Hall–Kier alpha value is -1.74. The van der Waals surface area contributed by atoms with E-state index >= 15 is 0 Å². The Balaban J connectivity index is 2.19. The number of rotatable bonds is 2. The molecule has 1 aliphatic rings. The molecule has 1 aromatic heterocycles. The number of nitrogens with one attached hydrogen (secondary N) is 1. The van der Waals surface area contributed by atoms with Crippen molar-refractivity contribution in [2.45, 2.75) is 12.5 Å². The fraction of sp³-hybridized carbons (Fsp3) is 0.333. The van der Waals surface area contributed by atoms with Gasteiger partial charge in [0.15, 0.2) is 0 Å². The van der Waals surface area contributed by atoms with Crippen LogP contribution in [-0.2, 0) is 6.42 Å². The van der Waals surface area contributed by atoms with E-state index in [4.69, 9.17) is 4.74 Å². The fourth-order valence-corrected chi connectivity index (χ4v) is 2.58. The molecule has 1 aromatic carbocycles. The highest BCUT2D eigenvalue weighted by atomic mass is 16.5. The Bertz CT molecular complexity index is 598. The average Bonchev–Trinajstić information content (AvgIpc) is 2.65. The van der Waals surface area contributed by atoms with Crippen molar-refractivity contribution in [2.24, 2.45) is 0 Å². The van der Waals surface area contributed by atoms with Gasteiger partial charge in [-0.2, -0.15) is 0 Å². The van der Waals surface area contributed by atoms with Crippen LogP contribution in [0.2, 0.25) is 0 Å². The van der Waals surface area contributed by atoms with Crippen molar-refractivity contribution in [1.82, 2.24) is 9.88 Å².